The fraction of sp³-hybridized carbons (Fsp3) is 0.400. The molecule has 1 N–H and O–H groups in total. The van der Waals surface area contributed by atoms with Crippen LogP contribution in [-0.4, -0.2) is 16.3 Å². The van der Waals surface area contributed by atoms with E-state index in [1.165, 1.54) is 16.8 Å². The number of halogens is 1. The monoisotopic (exact) mass is 277 g/mol. The number of aryl methyl sites for hydroxylation is 2. The van der Waals surface area contributed by atoms with Gasteiger partial charge in [0.15, 0.2) is 0 Å². The summed E-state index contributed by atoms with van der Waals surface area (Å²) in [5.74, 6) is 0. The fourth-order valence-corrected chi connectivity index (χ4v) is 2.68. The molecule has 4 heteroatoms. The lowest BCUT2D eigenvalue weighted by atomic mass is 9.97. The van der Waals surface area contributed by atoms with E-state index in [9.17, 15) is 0 Å². The molecular weight excluding hydrogens is 258 g/mol. The number of hydrogen-bond donors (Lipinski definition) is 1. The van der Waals surface area contributed by atoms with E-state index in [0.717, 1.165) is 17.3 Å². The van der Waals surface area contributed by atoms with Gasteiger partial charge >= 0.3 is 0 Å². The van der Waals surface area contributed by atoms with E-state index in [-0.39, 0.29) is 6.04 Å². The summed E-state index contributed by atoms with van der Waals surface area (Å²) in [6, 6.07) is 8.14. The van der Waals surface area contributed by atoms with Crippen LogP contribution in [-0.2, 0) is 7.05 Å². The zero-order valence-corrected chi connectivity index (χ0v) is 12.6. The summed E-state index contributed by atoms with van der Waals surface area (Å²) in [5, 5.41) is 8.79. The van der Waals surface area contributed by atoms with Gasteiger partial charge in [-0.3, -0.25) is 4.68 Å². The van der Waals surface area contributed by atoms with E-state index in [2.05, 4.69) is 37.3 Å². The van der Waals surface area contributed by atoms with Crippen molar-refractivity contribution in [3.63, 3.8) is 0 Å². The Morgan fingerprint density at radius 1 is 1.37 bits per heavy atom. The summed E-state index contributed by atoms with van der Waals surface area (Å²) in [4.78, 5) is 0. The third kappa shape index (κ3) is 2.82. The maximum Gasteiger partial charge on any atom is 0.0647 e. The summed E-state index contributed by atoms with van der Waals surface area (Å²) in [6.45, 7) is 7.16. The quantitative estimate of drug-likeness (QED) is 0.928. The average Bonchev–Trinajstić information content (AvgIpc) is 2.61. The molecule has 1 aromatic heterocycles. The van der Waals surface area contributed by atoms with Crippen molar-refractivity contribution in [2.75, 3.05) is 6.54 Å². The van der Waals surface area contributed by atoms with Crippen LogP contribution in [0.1, 0.15) is 35.5 Å². The minimum absolute atomic E-state index is 0.136. The molecule has 2 aromatic rings. The molecule has 19 heavy (non-hydrogen) atoms. The van der Waals surface area contributed by atoms with E-state index in [1.54, 1.807) is 0 Å². The van der Waals surface area contributed by atoms with Crippen molar-refractivity contribution in [3.8, 4) is 0 Å². The Bertz CT molecular complexity index is 575. The van der Waals surface area contributed by atoms with Gasteiger partial charge in [0.05, 0.1) is 11.7 Å². The van der Waals surface area contributed by atoms with Crippen molar-refractivity contribution in [2.24, 2.45) is 7.05 Å². The lowest BCUT2D eigenvalue weighted by Crippen LogP contribution is -2.23. The molecule has 3 nitrogen and oxygen atoms in total. The molecule has 0 aliphatic carbocycles. The summed E-state index contributed by atoms with van der Waals surface area (Å²) < 4.78 is 1.93. The molecule has 0 spiro atoms. The van der Waals surface area contributed by atoms with Crippen LogP contribution in [0.15, 0.2) is 24.3 Å². The fourth-order valence-electron chi connectivity index (χ4n) is 2.48. The van der Waals surface area contributed by atoms with Gasteiger partial charge in [0.1, 0.15) is 0 Å². The normalized spacial score (nSPS) is 12.7. The highest BCUT2D eigenvalue weighted by molar-refractivity contribution is 6.30. The average molecular weight is 278 g/mol. The van der Waals surface area contributed by atoms with Gasteiger partial charge in [-0.15, -0.1) is 0 Å². The van der Waals surface area contributed by atoms with Gasteiger partial charge in [0.2, 0.25) is 0 Å². The first-order valence-corrected chi connectivity index (χ1v) is 6.91. The summed E-state index contributed by atoms with van der Waals surface area (Å²) >= 11 is 6.11. The predicted octanol–water partition coefficient (Wildman–Crippen LogP) is 3.39. The predicted molar refractivity (Wildman–Crippen MR) is 79.7 cm³/mol. The molecule has 1 heterocycles. The third-order valence-electron chi connectivity index (χ3n) is 3.44. The molecule has 0 aliphatic heterocycles. The highest BCUT2D eigenvalue weighted by Gasteiger charge is 2.21. The van der Waals surface area contributed by atoms with E-state index in [4.69, 9.17) is 11.6 Å². The van der Waals surface area contributed by atoms with Crippen LogP contribution >= 0.6 is 11.6 Å². The lowest BCUT2D eigenvalue weighted by molar-refractivity contribution is 0.623. The molecule has 0 saturated heterocycles. The molecule has 0 aliphatic rings. The van der Waals surface area contributed by atoms with Crippen LogP contribution in [0.3, 0.4) is 0 Å². The SMILES string of the molecule is CCNC(c1cccc(Cl)c1)c1c(C)nn(C)c1C. The summed E-state index contributed by atoms with van der Waals surface area (Å²) in [6.07, 6.45) is 0. The molecule has 0 amide bonds. The topological polar surface area (TPSA) is 29.9 Å². The van der Waals surface area contributed by atoms with Gasteiger partial charge in [-0.05, 0) is 38.1 Å². The Morgan fingerprint density at radius 2 is 2.11 bits per heavy atom. The summed E-state index contributed by atoms with van der Waals surface area (Å²) in [5.41, 5.74) is 4.66. The molecule has 102 valence electrons. The number of rotatable bonds is 4. The highest BCUT2D eigenvalue weighted by atomic mass is 35.5. The number of hydrogen-bond acceptors (Lipinski definition) is 2. The second-order valence-corrected chi connectivity index (χ2v) is 5.19. The first-order chi connectivity index (χ1) is 9.04. The number of aromatic nitrogens is 2. The Kier molecular flexibility index (Phi) is 4.27. The van der Waals surface area contributed by atoms with Crippen molar-refractivity contribution in [1.29, 1.82) is 0 Å². The molecule has 2 rings (SSSR count). The van der Waals surface area contributed by atoms with E-state index in [1.807, 2.05) is 29.9 Å². The minimum Gasteiger partial charge on any atom is -0.306 e. The summed E-state index contributed by atoms with van der Waals surface area (Å²) in [7, 11) is 1.98. The standard InChI is InChI=1S/C15H20ClN3/c1-5-17-15(12-7-6-8-13(16)9-12)14-10(2)18-19(4)11(14)3/h6-9,15,17H,5H2,1-4H3. The number of nitrogens with zero attached hydrogens (tertiary/aromatic N) is 2. The van der Waals surface area contributed by atoms with Crippen LogP contribution in [0.5, 0.6) is 0 Å². The first kappa shape index (κ1) is 14.1. The van der Waals surface area contributed by atoms with Gasteiger partial charge in [-0.1, -0.05) is 30.7 Å². The van der Waals surface area contributed by atoms with Crippen molar-refractivity contribution >= 4 is 11.6 Å². The van der Waals surface area contributed by atoms with E-state index in [0.29, 0.717) is 0 Å². The van der Waals surface area contributed by atoms with Crippen LogP contribution in [0.2, 0.25) is 5.02 Å². The van der Waals surface area contributed by atoms with Crippen molar-refractivity contribution in [2.45, 2.75) is 26.8 Å². The molecule has 1 unspecified atom stereocenters. The molecule has 0 fully saturated rings. The maximum atomic E-state index is 6.11. The van der Waals surface area contributed by atoms with Gasteiger partial charge in [-0.25, -0.2) is 0 Å². The maximum absolute atomic E-state index is 6.11. The third-order valence-corrected chi connectivity index (χ3v) is 3.68. The minimum atomic E-state index is 0.136. The van der Waals surface area contributed by atoms with Crippen molar-refractivity contribution < 1.29 is 0 Å². The lowest BCUT2D eigenvalue weighted by Gasteiger charge is -2.19. The molecule has 0 bridgehead atoms. The number of benzene rings is 1. The van der Waals surface area contributed by atoms with Crippen LogP contribution in [0, 0.1) is 13.8 Å². The first-order valence-electron chi connectivity index (χ1n) is 6.53. The van der Waals surface area contributed by atoms with E-state index < -0.39 is 0 Å². The van der Waals surface area contributed by atoms with Gasteiger partial charge in [0.25, 0.3) is 0 Å². The second kappa shape index (κ2) is 5.76. The Balaban J connectivity index is 2.51. The van der Waals surface area contributed by atoms with Gasteiger partial charge in [-0.2, -0.15) is 5.10 Å². The van der Waals surface area contributed by atoms with Gasteiger partial charge < -0.3 is 5.32 Å². The zero-order valence-electron chi connectivity index (χ0n) is 11.9. The smallest absolute Gasteiger partial charge is 0.0647 e. The van der Waals surface area contributed by atoms with Crippen molar-refractivity contribution in [3.05, 3.63) is 51.8 Å². The molecule has 0 saturated carbocycles. The van der Waals surface area contributed by atoms with Gasteiger partial charge in [0, 0.05) is 23.3 Å². The Hall–Kier alpha value is -1.32. The van der Waals surface area contributed by atoms with Crippen LogP contribution < -0.4 is 5.32 Å². The zero-order chi connectivity index (χ0) is 14.0. The Morgan fingerprint density at radius 3 is 2.63 bits per heavy atom. The van der Waals surface area contributed by atoms with E-state index >= 15 is 0 Å². The Labute approximate surface area is 119 Å². The molecule has 1 aromatic carbocycles. The molecular formula is C15H20ClN3. The van der Waals surface area contributed by atoms with Crippen LogP contribution in [0.4, 0.5) is 0 Å². The van der Waals surface area contributed by atoms with Crippen LogP contribution in [0.25, 0.3) is 0 Å². The molecule has 1 atom stereocenters. The second-order valence-electron chi connectivity index (χ2n) is 4.75. The highest BCUT2D eigenvalue weighted by Crippen LogP contribution is 2.28. The van der Waals surface area contributed by atoms with Crippen molar-refractivity contribution in [1.82, 2.24) is 15.1 Å². The largest absolute Gasteiger partial charge is 0.306 e. The molecule has 0 radical (unpaired) electrons. The number of nitrogens with one attached hydrogen (secondary N) is 1.